The molecule has 8 heteroatoms. The molecule has 0 amide bonds. The van der Waals surface area contributed by atoms with Crippen molar-refractivity contribution in [2.75, 3.05) is 6.54 Å². The zero-order chi connectivity index (χ0) is 17.3. The van der Waals surface area contributed by atoms with Crippen LogP contribution in [-0.2, 0) is 19.6 Å². The largest absolute Gasteiger partial charge is 0.573 e. The Bertz CT molecular complexity index is 802. The molecule has 2 heterocycles. The van der Waals surface area contributed by atoms with Gasteiger partial charge in [-0.25, -0.2) is 0 Å². The standard InChI is InChI=1S/C16H15F3N2O3/c17-16(18,19)24-13-3-1-2-11(6-13)8-20-4-5-21-10-15(23)14(22)7-12(21)9-20/h1-3,6-7,10,23H,4-5,8-9H2. The minimum atomic E-state index is -4.72. The third-order valence-electron chi connectivity index (χ3n) is 3.78. The average molecular weight is 340 g/mol. The second kappa shape index (κ2) is 6.20. The first-order valence-electron chi connectivity index (χ1n) is 7.29. The van der Waals surface area contributed by atoms with Crippen LogP contribution in [0.2, 0.25) is 0 Å². The number of ether oxygens (including phenoxy) is 1. The van der Waals surface area contributed by atoms with Gasteiger partial charge in [0.1, 0.15) is 5.75 Å². The predicted molar refractivity (Wildman–Crippen MR) is 79.6 cm³/mol. The molecule has 1 aromatic heterocycles. The Morgan fingerprint density at radius 2 is 2.00 bits per heavy atom. The fraction of sp³-hybridized carbons (Fsp3) is 0.312. The highest BCUT2D eigenvalue weighted by Gasteiger charge is 2.31. The first kappa shape index (κ1) is 16.4. The van der Waals surface area contributed by atoms with Gasteiger partial charge in [-0.05, 0) is 17.7 Å². The summed E-state index contributed by atoms with van der Waals surface area (Å²) in [7, 11) is 0. The summed E-state index contributed by atoms with van der Waals surface area (Å²) in [6.45, 7) is 2.14. The Morgan fingerprint density at radius 1 is 1.21 bits per heavy atom. The number of benzene rings is 1. The molecule has 0 spiro atoms. The fourth-order valence-corrected chi connectivity index (χ4v) is 2.74. The van der Waals surface area contributed by atoms with Crippen molar-refractivity contribution in [3.8, 4) is 11.5 Å². The Morgan fingerprint density at radius 3 is 2.75 bits per heavy atom. The summed E-state index contributed by atoms with van der Waals surface area (Å²) < 4.78 is 42.6. The zero-order valence-electron chi connectivity index (χ0n) is 12.6. The van der Waals surface area contributed by atoms with E-state index >= 15 is 0 Å². The molecule has 0 aliphatic carbocycles. The van der Waals surface area contributed by atoms with E-state index in [0.29, 0.717) is 31.7 Å². The highest BCUT2D eigenvalue weighted by atomic mass is 19.4. The van der Waals surface area contributed by atoms with Gasteiger partial charge in [0.2, 0.25) is 5.43 Å². The van der Waals surface area contributed by atoms with E-state index in [0.717, 1.165) is 5.69 Å². The van der Waals surface area contributed by atoms with Gasteiger partial charge < -0.3 is 14.4 Å². The number of pyridine rings is 1. The maximum atomic E-state index is 12.3. The highest BCUT2D eigenvalue weighted by molar-refractivity contribution is 5.29. The summed E-state index contributed by atoms with van der Waals surface area (Å²) in [4.78, 5) is 13.5. The lowest BCUT2D eigenvalue weighted by atomic mass is 10.1. The number of halogens is 3. The molecule has 0 fully saturated rings. The summed E-state index contributed by atoms with van der Waals surface area (Å²) in [6.07, 6.45) is -3.31. The molecular weight excluding hydrogens is 325 g/mol. The van der Waals surface area contributed by atoms with Crippen LogP contribution in [0, 0.1) is 0 Å². The lowest BCUT2D eigenvalue weighted by Crippen LogP contribution is -2.34. The SMILES string of the molecule is O=c1cc2n(cc1O)CCN(Cc1cccc(OC(F)(F)F)c1)C2. The van der Waals surface area contributed by atoms with Gasteiger partial charge in [-0.1, -0.05) is 12.1 Å². The first-order chi connectivity index (χ1) is 11.3. The quantitative estimate of drug-likeness (QED) is 0.933. The van der Waals surface area contributed by atoms with Crippen LogP contribution in [0.4, 0.5) is 13.2 Å². The van der Waals surface area contributed by atoms with E-state index in [-0.39, 0.29) is 11.5 Å². The summed E-state index contributed by atoms with van der Waals surface area (Å²) in [5.74, 6) is -0.539. The Balaban J connectivity index is 1.72. The smallest absolute Gasteiger partial charge is 0.503 e. The Labute approximate surface area is 135 Å². The minimum Gasteiger partial charge on any atom is -0.503 e. The van der Waals surface area contributed by atoms with Crippen LogP contribution in [0.3, 0.4) is 0 Å². The fourth-order valence-electron chi connectivity index (χ4n) is 2.74. The summed E-state index contributed by atoms with van der Waals surface area (Å²) in [6, 6.07) is 7.22. The number of fused-ring (bicyclic) bond motifs is 1. The monoisotopic (exact) mass is 340 g/mol. The van der Waals surface area contributed by atoms with Crippen molar-refractivity contribution in [1.29, 1.82) is 0 Å². The molecule has 0 atom stereocenters. The molecule has 0 bridgehead atoms. The molecule has 0 saturated heterocycles. The molecule has 1 aromatic carbocycles. The number of nitrogens with zero attached hydrogens (tertiary/aromatic N) is 2. The number of aromatic hydroxyl groups is 1. The van der Waals surface area contributed by atoms with Crippen molar-refractivity contribution in [1.82, 2.24) is 9.47 Å². The van der Waals surface area contributed by atoms with Crippen LogP contribution in [0.25, 0.3) is 0 Å². The van der Waals surface area contributed by atoms with Gasteiger partial charge in [-0.3, -0.25) is 9.69 Å². The van der Waals surface area contributed by atoms with Crippen molar-refractivity contribution in [3.05, 3.63) is 58.0 Å². The van der Waals surface area contributed by atoms with E-state index in [2.05, 4.69) is 4.74 Å². The summed E-state index contributed by atoms with van der Waals surface area (Å²) >= 11 is 0. The maximum absolute atomic E-state index is 12.3. The second-order valence-electron chi connectivity index (χ2n) is 5.61. The van der Waals surface area contributed by atoms with E-state index in [1.54, 1.807) is 10.6 Å². The molecule has 5 nitrogen and oxygen atoms in total. The molecule has 1 N–H and O–H groups in total. The van der Waals surface area contributed by atoms with Gasteiger partial charge in [-0.2, -0.15) is 0 Å². The van der Waals surface area contributed by atoms with Gasteiger partial charge in [0, 0.05) is 37.9 Å². The molecule has 128 valence electrons. The van der Waals surface area contributed by atoms with Gasteiger partial charge in [0.05, 0.1) is 6.20 Å². The van der Waals surface area contributed by atoms with Gasteiger partial charge in [0.25, 0.3) is 0 Å². The van der Waals surface area contributed by atoms with Crippen LogP contribution < -0.4 is 10.2 Å². The van der Waals surface area contributed by atoms with Crippen molar-refractivity contribution in [2.24, 2.45) is 0 Å². The van der Waals surface area contributed by atoms with Crippen LogP contribution in [-0.4, -0.2) is 27.5 Å². The van der Waals surface area contributed by atoms with Crippen LogP contribution >= 0.6 is 0 Å². The van der Waals surface area contributed by atoms with E-state index in [9.17, 15) is 23.1 Å². The summed E-state index contributed by atoms with van der Waals surface area (Å²) in [5.41, 5.74) is 1.00. The van der Waals surface area contributed by atoms with E-state index in [1.807, 2.05) is 4.90 Å². The van der Waals surface area contributed by atoms with Gasteiger partial charge >= 0.3 is 6.36 Å². The van der Waals surface area contributed by atoms with Crippen molar-refractivity contribution in [2.45, 2.75) is 26.0 Å². The molecule has 3 rings (SSSR count). The van der Waals surface area contributed by atoms with Crippen molar-refractivity contribution in [3.63, 3.8) is 0 Å². The molecule has 1 aliphatic rings. The average Bonchev–Trinajstić information content (AvgIpc) is 2.47. The number of rotatable bonds is 3. The molecular formula is C16H15F3N2O3. The van der Waals surface area contributed by atoms with Gasteiger partial charge in [0.15, 0.2) is 5.75 Å². The lowest BCUT2D eigenvalue weighted by molar-refractivity contribution is -0.274. The van der Waals surface area contributed by atoms with Crippen LogP contribution in [0.5, 0.6) is 11.5 Å². The summed E-state index contributed by atoms with van der Waals surface area (Å²) in [5, 5.41) is 9.45. The van der Waals surface area contributed by atoms with Crippen molar-refractivity contribution < 1.29 is 23.0 Å². The molecule has 1 aliphatic heterocycles. The molecule has 24 heavy (non-hydrogen) atoms. The first-order valence-corrected chi connectivity index (χ1v) is 7.29. The zero-order valence-corrected chi connectivity index (χ0v) is 12.6. The third-order valence-corrected chi connectivity index (χ3v) is 3.78. The molecule has 0 saturated carbocycles. The number of alkyl halides is 3. The topological polar surface area (TPSA) is 54.7 Å². The lowest BCUT2D eigenvalue weighted by Gasteiger charge is -2.30. The van der Waals surface area contributed by atoms with E-state index in [1.165, 1.54) is 30.5 Å². The molecule has 2 aromatic rings. The van der Waals surface area contributed by atoms with Crippen molar-refractivity contribution >= 4 is 0 Å². The molecule has 0 unspecified atom stereocenters. The van der Waals surface area contributed by atoms with E-state index < -0.39 is 11.8 Å². The van der Waals surface area contributed by atoms with E-state index in [4.69, 9.17) is 0 Å². The third kappa shape index (κ3) is 3.88. The number of hydrogen-bond donors (Lipinski definition) is 1. The predicted octanol–water partition coefficient (Wildman–Crippen LogP) is 2.47. The number of hydrogen-bond acceptors (Lipinski definition) is 4. The Hall–Kier alpha value is -2.48. The normalized spacial score (nSPS) is 15.1. The minimum absolute atomic E-state index is 0.251. The number of aromatic nitrogens is 1. The molecule has 0 radical (unpaired) electrons. The van der Waals surface area contributed by atoms with Crippen LogP contribution in [0.15, 0.2) is 41.3 Å². The van der Waals surface area contributed by atoms with Gasteiger partial charge in [-0.15, -0.1) is 13.2 Å². The highest BCUT2D eigenvalue weighted by Crippen LogP contribution is 2.24. The Kier molecular flexibility index (Phi) is 4.23. The van der Waals surface area contributed by atoms with Crippen LogP contribution in [0.1, 0.15) is 11.3 Å². The second-order valence-corrected chi connectivity index (χ2v) is 5.61. The maximum Gasteiger partial charge on any atom is 0.573 e.